The minimum atomic E-state index is 0.00213. The van der Waals surface area contributed by atoms with Crippen molar-refractivity contribution in [2.45, 2.75) is 31.8 Å². The third kappa shape index (κ3) is 2.96. The second-order valence-electron chi connectivity index (χ2n) is 2.96. The fourth-order valence-corrected chi connectivity index (χ4v) is 3.51. The summed E-state index contributed by atoms with van der Waals surface area (Å²) in [4.78, 5) is 0. The Kier molecular flexibility index (Phi) is 4.41. The summed E-state index contributed by atoms with van der Waals surface area (Å²) in [6.07, 6.45) is 4.62. The maximum Gasteiger partial charge on any atom is 0.0543 e. The molecule has 0 heterocycles. The minimum absolute atomic E-state index is 0.00213. The minimum Gasteiger partial charge on any atom is -0.393 e. The molecule has 0 bridgehead atoms. The van der Waals surface area contributed by atoms with E-state index in [1.165, 1.54) is 18.6 Å². The molecule has 0 radical (unpaired) electrons. The fraction of sp³-hybridized carbons (Fsp3) is 1.00. The first-order valence-electron chi connectivity index (χ1n) is 3.74. The summed E-state index contributed by atoms with van der Waals surface area (Å²) < 4.78 is 0. The van der Waals surface area contributed by atoms with E-state index in [1.54, 1.807) is 0 Å². The Morgan fingerprint density at radius 3 is 2.90 bits per heavy atom. The Balaban J connectivity index is 2.18. The maximum atomic E-state index is 9.29. The van der Waals surface area contributed by atoms with E-state index in [-0.39, 0.29) is 6.10 Å². The van der Waals surface area contributed by atoms with Gasteiger partial charge in [-0.15, -0.1) is 0 Å². The fourth-order valence-electron chi connectivity index (χ4n) is 1.50. The van der Waals surface area contributed by atoms with Gasteiger partial charge in [0.2, 0.25) is 0 Å². The molecule has 0 aliphatic heterocycles. The lowest BCUT2D eigenvalue weighted by Gasteiger charge is -2.24. The number of rotatable bonds is 2. The van der Waals surface area contributed by atoms with Gasteiger partial charge in [0.15, 0.2) is 0 Å². The Morgan fingerprint density at radius 1 is 1.50 bits per heavy atom. The highest BCUT2D eigenvalue weighted by Gasteiger charge is 2.19. The van der Waals surface area contributed by atoms with E-state index in [1.807, 2.05) is 8.93 Å². The zero-order chi connectivity index (χ0) is 7.40. The second-order valence-corrected chi connectivity index (χ2v) is 5.38. The van der Waals surface area contributed by atoms with E-state index >= 15 is 0 Å². The van der Waals surface area contributed by atoms with Gasteiger partial charge in [-0.05, 0) is 46.4 Å². The molecule has 2 atom stereocenters. The Bertz CT molecular complexity index is 97.6. The first kappa shape index (κ1) is 9.13. The molecule has 0 spiro atoms. The summed E-state index contributed by atoms with van der Waals surface area (Å²) in [7, 11) is 1.87. The van der Waals surface area contributed by atoms with Gasteiger partial charge in [-0.1, -0.05) is 15.4 Å². The predicted molar refractivity (Wildman–Crippen MR) is 54.4 cm³/mol. The molecule has 0 amide bonds. The Hall–Kier alpha value is 1.04. The van der Waals surface area contributed by atoms with Crippen molar-refractivity contribution in [1.82, 2.24) is 0 Å². The van der Waals surface area contributed by atoms with Gasteiger partial charge in [0.25, 0.3) is 0 Å². The van der Waals surface area contributed by atoms with E-state index in [2.05, 4.69) is 21.2 Å². The van der Waals surface area contributed by atoms with Gasteiger partial charge in [0, 0.05) is 5.75 Å². The van der Waals surface area contributed by atoms with Crippen LogP contribution >= 0.6 is 30.1 Å². The summed E-state index contributed by atoms with van der Waals surface area (Å²) in [5.74, 6) is 2.00. The van der Waals surface area contributed by atoms with Gasteiger partial charge >= 0.3 is 0 Å². The number of aliphatic hydroxyl groups excluding tert-OH is 1. The largest absolute Gasteiger partial charge is 0.393 e. The smallest absolute Gasteiger partial charge is 0.0543 e. The molecule has 0 aromatic rings. The summed E-state index contributed by atoms with van der Waals surface area (Å²) in [6.45, 7) is 0. The number of halogens is 1. The van der Waals surface area contributed by atoms with Crippen molar-refractivity contribution < 1.29 is 5.11 Å². The van der Waals surface area contributed by atoms with Crippen LogP contribution in [0.5, 0.6) is 0 Å². The summed E-state index contributed by atoms with van der Waals surface area (Å²) in [6, 6.07) is 0. The van der Waals surface area contributed by atoms with Crippen molar-refractivity contribution in [2.75, 3.05) is 5.75 Å². The van der Waals surface area contributed by atoms with E-state index < -0.39 is 0 Å². The molecule has 60 valence electrons. The number of hydrogen-bond acceptors (Lipinski definition) is 2. The van der Waals surface area contributed by atoms with E-state index in [0.29, 0.717) is 0 Å². The third-order valence-electron chi connectivity index (χ3n) is 2.05. The molecule has 3 heteroatoms. The Morgan fingerprint density at radius 2 is 2.30 bits per heavy atom. The lowest BCUT2D eigenvalue weighted by Crippen LogP contribution is -2.20. The molecular formula is C7H13IOS. The molecule has 2 unspecified atom stereocenters. The van der Waals surface area contributed by atoms with Crippen molar-refractivity contribution in [3.8, 4) is 0 Å². The van der Waals surface area contributed by atoms with Crippen molar-refractivity contribution in [3.05, 3.63) is 0 Å². The summed E-state index contributed by atoms with van der Waals surface area (Å²) in [5.41, 5.74) is 0. The van der Waals surface area contributed by atoms with Crippen molar-refractivity contribution >= 4 is 30.1 Å². The van der Waals surface area contributed by atoms with E-state index in [0.717, 1.165) is 18.8 Å². The van der Waals surface area contributed by atoms with Crippen LogP contribution in [0.15, 0.2) is 0 Å². The highest BCUT2D eigenvalue weighted by atomic mass is 127. The molecule has 1 fully saturated rings. The van der Waals surface area contributed by atoms with Crippen LogP contribution < -0.4 is 0 Å². The lowest BCUT2D eigenvalue weighted by molar-refractivity contribution is 0.108. The first-order chi connectivity index (χ1) is 4.83. The van der Waals surface area contributed by atoms with Crippen LogP contribution in [0.4, 0.5) is 0 Å². The molecule has 1 rings (SSSR count). The average Bonchev–Trinajstić information content (AvgIpc) is 1.88. The third-order valence-corrected chi connectivity index (χ3v) is 3.73. The zero-order valence-electron chi connectivity index (χ0n) is 5.92. The summed E-state index contributed by atoms with van der Waals surface area (Å²) in [5, 5.41) is 9.29. The first-order valence-corrected chi connectivity index (χ1v) is 7.27. The molecule has 1 N–H and O–H groups in total. The molecule has 0 aromatic heterocycles. The molecule has 1 saturated carbocycles. The van der Waals surface area contributed by atoms with Crippen LogP contribution in [0.2, 0.25) is 0 Å². The molecule has 1 nitrogen and oxygen atoms in total. The van der Waals surface area contributed by atoms with Gasteiger partial charge in [0.1, 0.15) is 0 Å². The highest BCUT2D eigenvalue weighted by molar-refractivity contribution is 14.2. The summed E-state index contributed by atoms with van der Waals surface area (Å²) >= 11 is 2.33. The highest BCUT2D eigenvalue weighted by Crippen LogP contribution is 2.28. The quantitative estimate of drug-likeness (QED) is 0.780. The molecule has 0 saturated heterocycles. The van der Waals surface area contributed by atoms with Crippen LogP contribution in [0, 0.1) is 5.92 Å². The van der Waals surface area contributed by atoms with E-state index in [9.17, 15) is 5.11 Å². The molecule has 0 aromatic carbocycles. The Labute approximate surface area is 78.5 Å². The topological polar surface area (TPSA) is 20.2 Å². The van der Waals surface area contributed by atoms with E-state index in [4.69, 9.17) is 0 Å². The van der Waals surface area contributed by atoms with Crippen LogP contribution in [0.1, 0.15) is 25.7 Å². The standard InChI is InChI=1S/C7H13IOS/c8-10-5-6-2-1-3-7(9)4-6/h6-7,9H,1-5H2. The van der Waals surface area contributed by atoms with Crippen LogP contribution in [-0.4, -0.2) is 17.0 Å². The number of aliphatic hydroxyl groups is 1. The molecule has 10 heavy (non-hydrogen) atoms. The molecule has 1 aliphatic rings. The van der Waals surface area contributed by atoms with Crippen molar-refractivity contribution in [2.24, 2.45) is 5.92 Å². The van der Waals surface area contributed by atoms with Gasteiger partial charge in [-0.2, -0.15) is 0 Å². The van der Waals surface area contributed by atoms with Gasteiger partial charge in [-0.25, -0.2) is 0 Å². The van der Waals surface area contributed by atoms with Gasteiger partial charge in [-0.3, -0.25) is 0 Å². The zero-order valence-corrected chi connectivity index (χ0v) is 8.90. The second kappa shape index (κ2) is 4.83. The van der Waals surface area contributed by atoms with Crippen molar-refractivity contribution in [3.63, 3.8) is 0 Å². The maximum absolute atomic E-state index is 9.29. The lowest BCUT2D eigenvalue weighted by atomic mass is 9.89. The van der Waals surface area contributed by atoms with Gasteiger partial charge < -0.3 is 5.11 Å². The monoisotopic (exact) mass is 272 g/mol. The number of hydrogen-bond donors (Lipinski definition) is 1. The van der Waals surface area contributed by atoms with Crippen LogP contribution in [-0.2, 0) is 0 Å². The van der Waals surface area contributed by atoms with Gasteiger partial charge in [0.05, 0.1) is 6.10 Å². The van der Waals surface area contributed by atoms with Crippen LogP contribution in [0.3, 0.4) is 0 Å². The van der Waals surface area contributed by atoms with Crippen molar-refractivity contribution in [1.29, 1.82) is 0 Å². The van der Waals surface area contributed by atoms with Crippen LogP contribution in [0.25, 0.3) is 0 Å². The predicted octanol–water partition coefficient (Wildman–Crippen LogP) is 2.62. The molecule has 1 aliphatic carbocycles. The average molecular weight is 272 g/mol. The normalized spacial score (nSPS) is 34.2. The molecular weight excluding hydrogens is 259 g/mol. The SMILES string of the molecule is OC1CCCC(CSI)C1.